The molecule has 1 aliphatic rings. The van der Waals surface area contributed by atoms with E-state index in [0.717, 1.165) is 43.2 Å². The zero-order chi connectivity index (χ0) is 16.8. The monoisotopic (exact) mass is 325 g/mol. The average Bonchev–Trinajstić information content (AvgIpc) is 2.67. The van der Waals surface area contributed by atoms with E-state index in [9.17, 15) is 4.79 Å². The molecule has 0 radical (unpaired) electrons. The van der Waals surface area contributed by atoms with Crippen LogP contribution in [0.15, 0.2) is 48.7 Å². The first-order chi connectivity index (χ1) is 11.8. The van der Waals surface area contributed by atoms with Gasteiger partial charge in [0.05, 0.1) is 0 Å². The molecule has 3 rings (SSSR count). The van der Waals surface area contributed by atoms with E-state index in [1.54, 1.807) is 0 Å². The zero-order valence-corrected chi connectivity index (χ0v) is 13.8. The number of Topliss-reactive ketones (excluding diaryl/α,β-unsaturated/α-hetero) is 1. The van der Waals surface area contributed by atoms with Crippen molar-refractivity contribution in [3.05, 3.63) is 54.2 Å². The highest BCUT2D eigenvalue weighted by molar-refractivity contribution is 5.96. The largest absolute Gasteiger partial charge is 0.396 e. The molecule has 126 valence electrons. The van der Waals surface area contributed by atoms with Crippen molar-refractivity contribution >= 4 is 17.3 Å². The van der Waals surface area contributed by atoms with Crippen LogP contribution in [0.2, 0.25) is 0 Å². The molecule has 5 nitrogen and oxygen atoms in total. The van der Waals surface area contributed by atoms with Crippen LogP contribution in [0.3, 0.4) is 0 Å². The minimum atomic E-state index is 0.0599. The number of aliphatic hydroxyl groups is 1. The van der Waals surface area contributed by atoms with Crippen LogP contribution in [0.5, 0.6) is 0 Å². The minimum absolute atomic E-state index is 0.0599. The van der Waals surface area contributed by atoms with Crippen molar-refractivity contribution in [2.24, 2.45) is 0 Å². The Balaban J connectivity index is 1.57. The summed E-state index contributed by atoms with van der Waals surface area (Å²) in [5.41, 5.74) is 1.87. The number of aliphatic hydroxyl groups excluding tert-OH is 1. The molecule has 24 heavy (non-hydrogen) atoms. The van der Waals surface area contributed by atoms with E-state index in [1.807, 2.05) is 48.7 Å². The number of anilines is 2. The van der Waals surface area contributed by atoms with Gasteiger partial charge in [-0.25, -0.2) is 4.98 Å². The average molecular weight is 325 g/mol. The van der Waals surface area contributed by atoms with Crippen LogP contribution < -0.4 is 9.80 Å². The van der Waals surface area contributed by atoms with Crippen LogP contribution in [0.25, 0.3) is 0 Å². The van der Waals surface area contributed by atoms with Gasteiger partial charge in [0.2, 0.25) is 0 Å². The first kappa shape index (κ1) is 16.5. The Morgan fingerprint density at radius 3 is 2.33 bits per heavy atom. The molecule has 0 amide bonds. The third-order valence-corrected chi connectivity index (χ3v) is 4.37. The molecule has 5 heteroatoms. The first-order valence-electron chi connectivity index (χ1n) is 8.43. The number of benzene rings is 1. The third kappa shape index (κ3) is 3.92. The lowest BCUT2D eigenvalue weighted by Gasteiger charge is -2.36. The Morgan fingerprint density at radius 2 is 1.71 bits per heavy atom. The predicted octanol–water partition coefficient (Wildman–Crippen LogP) is 2.36. The van der Waals surface area contributed by atoms with E-state index < -0.39 is 0 Å². The Morgan fingerprint density at radius 1 is 1.00 bits per heavy atom. The Hall–Kier alpha value is -2.40. The maximum Gasteiger partial charge on any atom is 0.162 e. The number of carbonyl (C=O) groups excluding carboxylic acids is 1. The molecular weight excluding hydrogens is 302 g/mol. The lowest BCUT2D eigenvalue weighted by atomic mass is 10.1. The number of carbonyl (C=O) groups is 1. The van der Waals surface area contributed by atoms with Crippen LogP contribution in [0.1, 0.15) is 23.2 Å². The minimum Gasteiger partial charge on any atom is -0.396 e. The highest BCUT2D eigenvalue weighted by Crippen LogP contribution is 2.20. The van der Waals surface area contributed by atoms with Gasteiger partial charge < -0.3 is 14.9 Å². The van der Waals surface area contributed by atoms with E-state index in [4.69, 9.17) is 5.11 Å². The van der Waals surface area contributed by atoms with Gasteiger partial charge in [0.15, 0.2) is 5.78 Å². The summed E-state index contributed by atoms with van der Waals surface area (Å²) in [5, 5.41) is 8.81. The number of ketones is 1. The summed E-state index contributed by atoms with van der Waals surface area (Å²) in [6.07, 6.45) is 2.75. The summed E-state index contributed by atoms with van der Waals surface area (Å²) in [7, 11) is 0. The van der Waals surface area contributed by atoms with Crippen LogP contribution >= 0.6 is 0 Å². The van der Waals surface area contributed by atoms with Gasteiger partial charge in [0, 0.05) is 56.7 Å². The first-order valence-corrected chi connectivity index (χ1v) is 8.43. The summed E-state index contributed by atoms with van der Waals surface area (Å²) in [5.74, 6) is 1.12. The molecule has 1 saturated heterocycles. The molecule has 0 unspecified atom stereocenters. The summed E-state index contributed by atoms with van der Waals surface area (Å²) in [4.78, 5) is 21.0. The topological polar surface area (TPSA) is 56.7 Å². The molecule has 0 saturated carbocycles. The maximum absolute atomic E-state index is 12.0. The van der Waals surface area contributed by atoms with Gasteiger partial charge in [0.1, 0.15) is 5.82 Å². The normalized spacial score (nSPS) is 14.7. The Bertz CT molecular complexity index is 650. The molecule has 1 fully saturated rings. The third-order valence-electron chi connectivity index (χ3n) is 4.37. The zero-order valence-electron chi connectivity index (χ0n) is 13.8. The molecule has 0 spiro atoms. The number of hydrogen-bond acceptors (Lipinski definition) is 5. The van der Waals surface area contributed by atoms with Gasteiger partial charge in [-0.15, -0.1) is 0 Å². The molecule has 0 bridgehead atoms. The number of piperazine rings is 1. The van der Waals surface area contributed by atoms with Crippen molar-refractivity contribution in [2.45, 2.75) is 12.8 Å². The molecule has 2 aromatic rings. The van der Waals surface area contributed by atoms with Crippen molar-refractivity contribution < 1.29 is 9.90 Å². The highest BCUT2D eigenvalue weighted by atomic mass is 16.3. The highest BCUT2D eigenvalue weighted by Gasteiger charge is 2.18. The molecule has 1 aliphatic heterocycles. The molecule has 2 heterocycles. The van der Waals surface area contributed by atoms with Crippen molar-refractivity contribution in [3.8, 4) is 0 Å². The van der Waals surface area contributed by atoms with Crippen LogP contribution in [-0.4, -0.2) is 48.7 Å². The van der Waals surface area contributed by atoms with Crippen molar-refractivity contribution in [2.75, 3.05) is 42.6 Å². The number of pyridine rings is 1. The molecule has 1 aromatic heterocycles. The summed E-state index contributed by atoms with van der Waals surface area (Å²) in [6.45, 7) is 3.82. The smallest absolute Gasteiger partial charge is 0.162 e. The molecule has 1 N–H and O–H groups in total. The Labute approximate surface area is 142 Å². The van der Waals surface area contributed by atoms with E-state index in [1.165, 1.54) is 0 Å². The van der Waals surface area contributed by atoms with Crippen LogP contribution in [-0.2, 0) is 0 Å². The van der Waals surface area contributed by atoms with Gasteiger partial charge >= 0.3 is 0 Å². The van der Waals surface area contributed by atoms with E-state index in [2.05, 4.69) is 14.8 Å². The number of rotatable bonds is 6. The summed E-state index contributed by atoms with van der Waals surface area (Å²) < 4.78 is 0. The lowest BCUT2D eigenvalue weighted by Crippen LogP contribution is -2.46. The van der Waals surface area contributed by atoms with E-state index in [-0.39, 0.29) is 12.4 Å². The lowest BCUT2D eigenvalue weighted by molar-refractivity contribution is 0.0971. The molecule has 1 aromatic carbocycles. The summed E-state index contributed by atoms with van der Waals surface area (Å²) in [6, 6.07) is 13.8. The van der Waals surface area contributed by atoms with Crippen LogP contribution in [0.4, 0.5) is 11.5 Å². The van der Waals surface area contributed by atoms with Crippen LogP contribution in [0, 0.1) is 0 Å². The van der Waals surface area contributed by atoms with Crippen molar-refractivity contribution in [1.82, 2.24) is 4.98 Å². The number of hydrogen-bond donors (Lipinski definition) is 1. The van der Waals surface area contributed by atoms with Gasteiger partial charge in [-0.05, 0) is 42.8 Å². The van der Waals surface area contributed by atoms with E-state index in [0.29, 0.717) is 12.8 Å². The fraction of sp³-hybridized carbons (Fsp3) is 0.368. The second kappa shape index (κ2) is 7.93. The van der Waals surface area contributed by atoms with Gasteiger partial charge in [-0.1, -0.05) is 6.07 Å². The maximum atomic E-state index is 12.0. The van der Waals surface area contributed by atoms with Gasteiger partial charge in [-0.2, -0.15) is 0 Å². The standard InChI is InChI=1S/C19H23N3O2/c23-15-3-4-18(24)16-6-8-17(9-7-16)21-11-13-22(14-12-21)19-5-1-2-10-20-19/h1-2,5-10,23H,3-4,11-15H2. The fourth-order valence-electron chi connectivity index (χ4n) is 2.98. The summed E-state index contributed by atoms with van der Waals surface area (Å²) >= 11 is 0. The van der Waals surface area contributed by atoms with Gasteiger partial charge in [-0.3, -0.25) is 4.79 Å². The van der Waals surface area contributed by atoms with Crippen molar-refractivity contribution in [1.29, 1.82) is 0 Å². The van der Waals surface area contributed by atoms with E-state index >= 15 is 0 Å². The number of aromatic nitrogens is 1. The molecular formula is C19H23N3O2. The Kier molecular flexibility index (Phi) is 5.43. The molecule has 0 atom stereocenters. The molecule has 0 aliphatic carbocycles. The SMILES string of the molecule is O=C(CCCO)c1ccc(N2CCN(c3ccccn3)CC2)cc1. The second-order valence-corrected chi connectivity index (χ2v) is 5.96. The number of nitrogens with zero attached hydrogens (tertiary/aromatic N) is 3. The second-order valence-electron chi connectivity index (χ2n) is 5.96. The van der Waals surface area contributed by atoms with Crippen molar-refractivity contribution in [3.63, 3.8) is 0 Å². The quantitative estimate of drug-likeness (QED) is 0.826. The predicted molar refractivity (Wildman–Crippen MR) is 95.8 cm³/mol. The fourth-order valence-corrected chi connectivity index (χ4v) is 2.98. The van der Waals surface area contributed by atoms with Gasteiger partial charge in [0.25, 0.3) is 0 Å².